The lowest BCUT2D eigenvalue weighted by atomic mass is 10.1. The Morgan fingerprint density at radius 3 is 2.94 bits per heavy atom. The maximum atomic E-state index is 13.5. The van der Waals surface area contributed by atoms with Gasteiger partial charge in [-0.2, -0.15) is 0 Å². The standard InChI is InChI=1S/C11H10FN3O3/c12-8-4-9(13)7(11(16)17)3-10(8)14-5-6-1-2-18-15-6/h1-4,14H,5,13H2,(H,16,17). The van der Waals surface area contributed by atoms with Crippen LogP contribution in [-0.4, -0.2) is 16.2 Å². The minimum absolute atomic E-state index is 0.0459. The van der Waals surface area contributed by atoms with Gasteiger partial charge in [0.25, 0.3) is 0 Å². The molecule has 2 rings (SSSR count). The highest BCUT2D eigenvalue weighted by Gasteiger charge is 2.13. The van der Waals surface area contributed by atoms with Crippen molar-refractivity contribution < 1.29 is 18.8 Å². The number of nitrogens with two attached hydrogens (primary N) is 1. The molecule has 0 saturated carbocycles. The number of benzene rings is 1. The van der Waals surface area contributed by atoms with Crippen LogP contribution in [0.5, 0.6) is 0 Å². The van der Waals surface area contributed by atoms with Crippen molar-refractivity contribution in [3.05, 3.63) is 41.5 Å². The Bertz CT molecular complexity index is 569. The van der Waals surface area contributed by atoms with Gasteiger partial charge < -0.3 is 20.7 Å². The summed E-state index contributed by atoms with van der Waals surface area (Å²) < 4.78 is 18.2. The number of anilines is 2. The van der Waals surface area contributed by atoms with Crippen molar-refractivity contribution >= 4 is 17.3 Å². The number of nitrogens with zero attached hydrogens (tertiary/aromatic N) is 1. The largest absolute Gasteiger partial charge is 0.478 e. The smallest absolute Gasteiger partial charge is 0.337 e. The van der Waals surface area contributed by atoms with Gasteiger partial charge in [0, 0.05) is 11.8 Å². The topological polar surface area (TPSA) is 101 Å². The van der Waals surface area contributed by atoms with Gasteiger partial charge >= 0.3 is 5.97 Å². The number of nitrogens with one attached hydrogen (secondary N) is 1. The zero-order valence-electron chi connectivity index (χ0n) is 9.18. The molecular formula is C11H10FN3O3. The highest BCUT2D eigenvalue weighted by atomic mass is 19.1. The molecule has 0 aliphatic rings. The number of nitrogen functional groups attached to an aromatic ring is 1. The molecule has 6 nitrogen and oxygen atoms in total. The monoisotopic (exact) mass is 251 g/mol. The average molecular weight is 251 g/mol. The van der Waals surface area contributed by atoms with Crippen molar-refractivity contribution in [3.63, 3.8) is 0 Å². The first-order chi connectivity index (χ1) is 8.58. The van der Waals surface area contributed by atoms with E-state index in [1.54, 1.807) is 6.07 Å². The number of rotatable bonds is 4. The summed E-state index contributed by atoms with van der Waals surface area (Å²) in [6.45, 7) is 0.219. The van der Waals surface area contributed by atoms with Gasteiger partial charge in [0.05, 0.1) is 17.8 Å². The number of halogens is 1. The van der Waals surface area contributed by atoms with Crippen molar-refractivity contribution in [1.82, 2.24) is 5.16 Å². The Labute approximate surface area is 101 Å². The Kier molecular flexibility index (Phi) is 3.13. The minimum atomic E-state index is -1.21. The quantitative estimate of drug-likeness (QED) is 0.715. The van der Waals surface area contributed by atoms with E-state index in [1.807, 2.05) is 0 Å². The number of aromatic carboxylic acids is 1. The van der Waals surface area contributed by atoms with Crippen molar-refractivity contribution in [2.75, 3.05) is 11.1 Å². The zero-order chi connectivity index (χ0) is 13.1. The molecule has 0 aliphatic carbocycles. The summed E-state index contributed by atoms with van der Waals surface area (Å²) >= 11 is 0. The third kappa shape index (κ3) is 2.40. The van der Waals surface area contributed by atoms with Crippen LogP contribution in [0.1, 0.15) is 16.1 Å². The summed E-state index contributed by atoms with van der Waals surface area (Å²) in [5, 5.41) is 15.2. The number of hydrogen-bond acceptors (Lipinski definition) is 5. The van der Waals surface area contributed by atoms with Crippen LogP contribution >= 0.6 is 0 Å². The molecule has 7 heteroatoms. The predicted molar refractivity (Wildman–Crippen MR) is 61.6 cm³/mol. The van der Waals surface area contributed by atoms with Gasteiger partial charge in [-0.15, -0.1) is 0 Å². The molecule has 1 aromatic carbocycles. The molecule has 0 amide bonds. The molecule has 94 valence electrons. The molecule has 1 aromatic heterocycles. The Morgan fingerprint density at radius 2 is 2.33 bits per heavy atom. The van der Waals surface area contributed by atoms with Crippen LogP contribution < -0.4 is 11.1 Å². The molecule has 18 heavy (non-hydrogen) atoms. The number of aromatic nitrogens is 1. The molecule has 0 aliphatic heterocycles. The van der Waals surface area contributed by atoms with E-state index in [4.69, 9.17) is 10.8 Å². The van der Waals surface area contributed by atoms with E-state index in [0.29, 0.717) is 5.69 Å². The maximum Gasteiger partial charge on any atom is 0.337 e. The Hall–Kier alpha value is -2.57. The number of carboxylic acid groups (broad SMARTS) is 1. The van der Waals surface area contributed by atoms with Crippen LogP contribution in [0.4, 0.5) is 15.8 Å². The first kappa shape index (κ1) is 11.9. The van der Waals surface area contributed by atoms with Crippen molar-refractivity contribution in [1.29, 1.82) is 0 Å². The van der Waals surface area contributed by atoms with Crippen LogP contribution in [0.15, 0.2) is 29.0 Å². The van der Waals surface area contributed by atoms with Gasteiger partial charge in [-0.1, -0.05) is 5.16 Å². The maximum absolute atomic E-state index is 13.5. The summed E-state index contributed by atoms with van der Waals surface area (Å²) in [5.74, 6) is -1.84. The highest BCUT2D eigenvalue weighted by Crippen LogP contribution is 2.22. The van der Waals surface area contributed by atoms with E-state index >= 15 is 0 Å². The second-order valence-electron chi connectivity index (χ2n) is 3.57. The van der Waals surface area contributed by atoms with Gasteiger partial charge in [-0.25, -0.2) is 9.18 Å². The van der Waals surface area contributed by atoms with Crippen molar-refractivity contribution in [3.8, 4) is 0 Å². The number of carboxylic acids is 1. The normalized spacial score (nSPS) is 10.3. The lowest BCUT2D eigenvalue weighted by molar-refractivity contribution is 0.0698. The third-order valence-corrected chi connectivity index (χ3v) is 2.32. The SMILES string of the molecule is Nc1cc(F)c(NCc2ccon2)cc1C(=O)O. The van der Waals surface area contributed by atoms with Gasteiger partial charge in [0.2, 0.25) is 0 Å². The van der Waals surface area contributed by atoms with Gasteiger partial charge in [-0.3, -0.25) is 0 Å². The minimum Gasteiger partial charge on any atom is -0.478 e. The molecule has 0 atom stereocenters. The van der Waals surface area contributed by atoms with Gasteiger partial charge in [0.15, 0.2) is 0 Å². The predicted octanol–water partition coefficient (Wildman–Crippen LogP) is 1.71. The van der Waals surface area contributed by atoms with Crippen LogP contribution in [-0.2, 0) is 6.54 Å². The first-order valence-electron chi connectivity index (χ1n) is 5.03. The Balaban J connectivity index is 2.22. The van der Waals surface area contributed by atoms with Crippen LogP contribution in [0, 0.1) is 5.82 Å². The lowest BCUT2D eigenvalue weighted by Gasteiger charge is -2.08. The molecule has 0 saturated heterocycles. The number of hydrogen-bond donors (Lipinski definition) is 3. The highest BCUT2D eigenvalue weighted by molar-refractivity contribution is 5.94. The van der Waals surface area contributed by atoms with E-state index < -0.39 is 11.8 Å². The summed E-state index contributed by atoms with van der Waals surface area (Å²) in [6, 6.07) is 3.72. The average Bonchev–Trinajstić information content (AvgIpc) is 2.80. The summed E-state index contributed by atoms with van der Waals surface area (Å²) in [6.07, 6.45) is 1.39. The molecule has 0 bridgehead atoms. The van der Waals surface area contributed by atoms with E-state index in [1.165, 1.54) is 6.26 Å². The Morgan fingerprint density at radius 1 is 1.56 bits per heavy atom. The molecular weight excluding hydrogens is 241 g/mol. The second-order valence-corrected chi connectivity index (χ2v) is 3.57. The second kappa shape index (κ2) is 4.74. The van der Waals surface area contributed by atoms with Crippen LogP contribution in [0.25, 0.3) is 0 Å². The molecule has 0 fully saturated rings. The lowest BCUT2D eigenvalue weighted by Crippen LogP contribution is -2.07. The molecule has 0 spiro atoms. The molecule has 0 radical (unpaired) electrons. The van der Waals surface area contributed by atoms with E-state index in [-0.39, 0.29) is 23.5 Å². The third-order valence-electron chi connectivity index (χ3n) is 2.32. The van der Waals surface area contributed by atoms with Crippen molar-refractivity contribution in [2.45, 2.75) is 6.54 Å². The molecule has 0 unspecified atom stereocenters. The van der Waals surface area contributed by atoms with Crippen LogP contribution in [0.3, 0.4) is 0 Å². The summed E-state index contributed by atoms with van der Waals surface area (Å²) in [7, 11) is 0. The molecule has 1 heterocycles. The fraction of sp³-hybridized carbons (Fsp3) is 0.0909. The van der Waals surface area contributed by atoms with Gasteiger partial charge in [-0.05, 0) is 12.1 Å². The zero-order valence-corrected chi connectivity index (χ0v) is 9.18. The first-order valence-corrected chi connectivity index (χ1v) is 5.03. The summed E-state index contributed by atoms with van der Waals surface area (Å²) in [4.78, 5) is 10.9. The molecule has 4 N–H and O–H groups in total. The number of carbonyl (C=O) groups is 1. The van der Waals surface area contributed by atoms with E-state index in [9.17, 15) is 9.18 Å². The molecule has 2 aromatic rings. The van der Waals surface area contributed by atoms with Crippen molar-refractivity contribution in [2.24, 2.45) is 0 Å². The fourth-order valence-electron chi connectivity index (χ4n) is 1.42. The summed E-state index contributed by atoms with van der Waals surface area (Å²) in [5.41, 5.74) is 5.75. The van der Waals surface area contributed by atoms with E-state index in [0.717, 1.165) is 12.1 Å². The van der Waals surface area contributed by atoms with Gasteiger partial charge in [0.1, 0.15) is 17.8 Å². The fourth-order valence-corrected chi connectivity index (χ4v) is 1.42. The van der Waals surface area contributed by atoms with E-state index in [2.05, 4.69) is 15.0 Å². The van der Waals surface area contributed by atoms with Crippen LogP contribution in [0.2, 0.25) is 0 Å².